The Morgan fingerprint density at radius 3 is 2.86 bits per heavy atom. The fourth-order valence-electron chi connectivity index (χ4n) is 2.79. The number of hydrogen-bond acceptors (Lipinski definition) is 6. The monoisotopic (exact) mass is 431 g/mol. The first kappa shape index (κ1) is 21.4. The Bertz CT molecular complexity index is 1070. The summed E-state index contributed by atoms with van der Waals surface area (Å²) in [5.74, 6) is 1.58. The molecule has 0 saturated heterocycles. The number of nitrogens with one attached hydrogen (secondary N) is 2. The molecular weight excluding hydrogens is 406 g/mol. The second kappa shape index (κ2) is 9.45. The second-order valence-corrected chi connectivity index (χ2v) is 9.30. The highest BCUT2D eigenvalue weighted by Crippen LogP contribution is 2.28. The highest BCUT2D eigenvalue weighted by Gasteiger charge is 2.17. The minimum Gasteiger partial charge on any atom is -0.491 e. The number of ether oxygens (including phenoxy) is 1. The number of H-pyrrole nitrogens is 1. The molecule has 1 unspecified atom stereocenters. The molecule has 0 spiro atoms. The molecule has 3 rings (SSSR count). The lowest BCUT2D eigenvalue weighted by molar-refractivity contribution is -0.115. The number of aromatic amines is 1. The normalized spacial score (nSPS) is 12.1. The number of thiophene rings is 1. The van der Waals surface area contributed by atoms with Gasteiger partial charge in [-0.05, 0) is 44.9 Å². The second-order valence-electron chi connectivity index (χ2n) is 6.76. The van der Waals surface area contributed by atoms with Crippen molar-refractivity contribution < 1.29 is 9.53 Å². The lowest BCUT2D eigenvalue weighted by Crippen LogP contribution is -2.23. The first-order valence-electron chi connectivity index (χ1n) is 9.53. The third-order valence-electron chi connectivity index (χ3n) is 4.53. The van der Waals surface area contributed by atoms with Gasteiger partial charge in [0.15, 0.2) is 0 Å². The van der Waals surface area contributed by atoms with Crippen molar-refractivity contribution in [1.29, 1.82) is 0 Å². The predicted molar refractivity (Wildman–Crippen MR) is 121 cm³/mol. The van der Waals surface area contributed by atoms with Gasteiger partial charge in [0, 0.05) is 4.88 Å². The van der Waals surface area contributed by atoms with Gasteiger partial charge in [-0.25, -0.2) is 4.98 Å². The van der Waals surface area contributed by atoms with E-state index in [1.54, 1.807) is 0 Å². The minimum atomic E-state index is -0.318. The van der Waals surface area contributed by atoms with Crippen molar-refractivity contribution in [2.45, 2.75) is 45.1 Å². The van der Waals surface area contributed by atoms with Crippen molar-refractivity contribution in [2.24, 2.45) is 0 Å². The van der Waals surface area contributed by atoms with Crippen molar-refractivity contribution in [2.75, 3.05) is 11.9 Å². The molecule has 3 aromatic rings. The van der Waals surface area contributed by atoms with Crippen LogP contribution in [0.2, 0.25) is 0 Å². The number of carbonyl (C=O) groups is 1. The number of nitrogens with zero attached hydrogens (tertiary/aromatic N) is 1. The largest absolute Gasteiger partial charge is 0.491 e. The molecule has 8 heteroatoms. The lowest BCUT2D eigenvalue weighted by Gasteiger charge is -2.15. The quantitative estimate of drug-likeness (QED) is 0.542. The summed E-state index contributed by atoms with van der Waals surface area (Å²) in [6.45, 7) is 8.40. The van der Waals surface area contributed by atoms with Gasteiger partial charge >= 0.3 is 0 Å². The Morgan fingerprint density at radius 2 is 2.10 bits per heavy atom. The van der Waals surface area contributed by atoms with Gasteiger partial charge in [0.2, 0.25) is 5.91 Å². The minimum absolute atomic E-state index is 0.117. The highest BCUT2D eigenvalue weighted by atomic mass is 32.2. The number of aryl methyl sites for hydroxylation is 2. The SMILES string of the molecule is CCCOc1ccccc1NC(=O)C(C)SCc1nc2sc(C)c(C)c2c(=O)[nH]1. The molecule has 0 radical (unpaired) electrons. The van der Waals surface area contributed by atoms with Gasteiger partial charge < -0.3 is 15.0 Å². The van der Waals surface area contributed by atoms with Crippen LogP contribution in [0.15, 0.2) is 29.1 Å². The third kappa shape index (κ3) is 5.00. The molecule has 154 valence electrons. The first-order chi connectivity index (χ1) is 13.9. The fourth-order valence-corrected chi connectivity index (χ4v) is 4.59. The molecule has 2 N–H and O–H groups in total. The van der Waals surface area contributed by atoms with Crippen LogP contribution < -0.4 is 15.6 Å². The predicted octanol–water partition coefficient (Wildman–Crippen LogP) is 4.65. The van der Waals surface area contributed by atoms with E-state index >= 15 is 0 Å². The van der Waals surface area contributed by atoms with Crippen LogP contribution in [0, 0.1) is 13.8 Å². The molecule has 1 atom stereocenters. The Morgan fingerprint density at radius 1 is 1.34 bits per heavy atom. The zero-order chi connectivity index (χ0) is 21.0. The number of para-hydroxylation sites is 2. The lowest BCUT2D eigenvalue weighted by atomic mass is 10.2. The van der Waals surface area contributed by atoms with E-state index in [1.165, 1.54) is 23.1 Å². The topological polar surface area (TPSA) is 84.1 Å². The zero-order valence-corrected chi connectivity index (χ0v) is 18.6. The van der Waals surface area contributed by atoms with E-state index in [1.807, 2.05) is 52.0 Å². The summed E-state index contributed by atoms with van der Waals surface area (Å²) in [5, 5.41) is 3.28. The van der Waals surface area contributed by atoms with E-state index in [2.05, 4.69) is 15.3 Å². The van der Waals surface area contributed by atoms with E-state index in [0.29, 0.717) is 35.0 Å². The molecule has 1 amide bonds. The van der Waals surface area contributed by atoms with Gasteiger partial charge in [-0.15, -0.1) is 23.1 Å². The molecule has 6 nitrogen and oxygen atoms in total. The van der Waals surface area contributed by atoms with Gasteiger partial charge in [0.25, 0.3) is 5.56 Å². The number of aromatic nitrogens is 2. The van der Waals surface area contributed by atoms with Crippen molar-refractivity contribution in [3.05, 3.63) is 50.9 Å². The van der Waals surface area contributed by atoms with Crippen LogP contribution in [0.5, 0.6) is 5.75 Å². The van der Waals surface area contributed by atoms with Crippen LogP contribution >= 0.6 is 23.1 Å². The molecule has 0 aliphatic carbocycles. The molecule has 0 bridgehead atoms. The maximum Gasteiger partial charge on any atom is 0.259 e. The average molecular weight is 432 g/mol. The van der Waals surface area contributed by atoms with Gasteiger partial charge in [-0.3, -0.25) is 9.59 Å². The summed E-state index contributed by atoms with van der Waals surface area (Å²) in [7, 11) is 0. The average Bonchev–Trinajstić information content (AvgIpc) is 2.99. The Labute approximate surface area is 178 Å². The highest BCUT2D eigenvalue weighted by molar-refractivity contribution is 7.99. The molecule has 2 heterocycles. The van der Waals surface area contributed by atoms with Crippen LogP contribution in [0.3, 0.4) is 0 Å². The summed E-state index contributed by atoms with van der Waals surface area (Å²) < 4.78 is 5.69. The fraction of sp³-hybridized carbons (Fsp3) is 0.381. The van der Waals surface area contributed by atoms with Crippen LogP contribution in [0.4, 0.5) is 5.69 Å². The van der Waals surface area contributed by atoms with Gasteiger partial charge in [-0.2, -0.15) is 0 Å². The number of carbonyl (C=O) groups excluding carboxylic acids is 1. The van der Waals surface area contributed by atoms with Crippen LogP contribution in [-0.2, 0) is 10.5 Å². The molecular formula is C21H25N3O3S2. The molecule has 0 fully saturated rings. The molecule has 1 aromatic carbocycles. The van der Waals surface area contributed by atoms with Crippen LogP contribution in [-0.4, -0.2) is 27.7 Å². The molecule has 0 aliphatic heterocycles. The number of thioether (sulfide) groups is 1. The van der Waals surface area contributed by atoms with Crippen molar-refractivity contribution in [1.82, 2.24) is 9.97 Å². The Kier molecular flexibility index (Phi) is 6.97. The number of amides is 1. The molecule has 0 aliphatic rings. The number of fused-ring (bicyclic) bond motifs is 1. The Hall–Kier alpha value is -2.32. The molecule has 29 heavy (non-hydrogen) atoms. The summed E-state index contributed by atoms with van der Waals surface area (Å²) in [6, 6.07) is 7.42. The van der Waals surface area contributed by atoms with Gasteiger partial charge in [0.05, 0.1) is 28.7 Å². The first-order valence-corrected chi connectivity index (χ1v) is 11.4. The smallest absolute Gasteiger partial charge is 0.259 e. The van der Waals surface area contributed by atoms with Crippen molar-refractivity contribution >= 4 is 44.9 Å². The summed E-state index contributed by atoms with van der Waals surface area (Å²) in [4.78, 5) is 34.3. The van der Waals surface area contributed by atoms with Crippen LogP contribution in [0.1, 0.15) is 36.5 Å². The van der Waals surface area contributed by atoms with E-state index in [0.717, 1.165) is 21.7 Å². The Balaban J connectivity index is 1.65. The molecule has 2 aromatic heterocycles. The van der Waals surface area contributed by atoms with Crippen molar-refractivity contribution in [3.63, 3.8) is 0 Å². The zero-order valence-electron chi connectivity index (χ0n) is 17.0. The summed E-state index contributed by atoms with van der Waals surface area (Å²) >= 11 is 2.95. The maximum atomic E-state index is 12.6. The van der Waals surface area contributed by atoms with E-state index in [4.69, 9.17) is 4.74 Å². The van der Waals surface area contributed by atoms with E-state index in [-0.39, 0.29) is 16.7 Å². The number of benzene rings is 1. The number of hydrogen-bond donors (Lipinski definition) is 2. The third-order valence-corrected chi connectivity index (χ3v) is 6.79. The molecule has 0 saturated carbocycles. The number of rotatable bonds is 8. The van der Waals surface area contributed by atoms with E-state index in [9.17, 15) is 9.59 Å². The van der Waals surface area contributed by atoms with Crippen molar-refractivity contribution in [3.8, 4) is 5.75 Å². The van der Waals surface area contributed by atoms with Gasteiger partial charge in [-0.1, -0.05) is 19.1 Å². The van der Waals surface area contributed by atoms with Gasteiger partial charge in [0.1, 0.15) is 16.4 Å². The summed E-state index contributed by atoms with van der Waals surface area (Å²) in [6.07, 6.45) is 0.896. The van der Waals surface area contributed by atoms with Crippen LogP contribution in [0.25, 0.3) is 10.2 Å². The standard InChI is InChI=1S/C21H25N3O3S2/c1-5-10-27-16-9-7-6-8-15(16)22-19(25)14(4)28-11-17-23-20(26)18-12(2)13(3)29-21(18)24-17/h6-9,14H,5,10-11H2,1-4H3,(H,22,25)(H,23,24,26). The number of anilines is 1. The van der Waals surface area contributed by atoms with E-state index < -0.39 is 0 Å². The maximum absolute atomic E-state index is 12.6. The summed E-state index contributed by atoms with van der Waals surface area (Å²) in [5.41, 5.74) is 1.53.